The Hall–Kier alpha value is -0.200. The molecule has 3 atom stereocenters. The molecule has 0 bridgehead atoms. The van der Waals surface area contributed by atoms with Crippen molar-refractivity contribution >= 4 is 0 Å². The highest BCUT2D eigenvalue weighted by Gasteiger charge is 2.07. The highest BCUT2D eigenvalue weighted by Crippen LogP contribution is 2.12. The lowest BCUT2D eigenvalue weighted by atomic mass is 9.95. The molecule has 0 aromatic heterocycles. The van der Waals surface area contributed by atoms with Crippen LogP contribution >= 0.6 is 0 Å². The van der Waals surface area contributed by atoms with E-state index < -0.39 is 0 Å². The van der Waals surface area contributed by atoms with Crippen LogP contribution in [0, 0.1) is 23.7 Å². The van der Waals surface area contributed by atoms with E-state index in [1.165, 1.54) is 6.42 Å². The quantitative estimate of drug-likeness (QED) is 0.199. The third kappa shape index (κ3) is 65.3. The Morgan fingerprint density at radius 3 is 1.09 bits per heavy atom. The number of rotatable bonds is 12. The molecular weight excluding hydrogens is 416 g/mol. The van der Waals surface area contributed by atoms with Gasteiger partial charge >= 0.3 is 0 Å². The van der Waals surface area contributed by atoms with Crippen molar-refractivity contribution in [3.63, 3.8) is 0 Å². The van der Waals surface area contributed by atoms with E-state index in [0.717, 1.165) is 44.9 Å². The van der Waals surface area contributed by atoms with Gasteiger partial charge in [-0.2, -0.15) is 0 Å². The zero-order valence-electron chi connectivity index (χ0n) is 23.6. The van der Waals surface area contributed by atoms with Crippen LogP contribution in [-0.2, 0) is 0 Å². The lowest BCUT2D eigenvalue weighted by Crippen LogP contribution is -2.11. The van der Waals surface area contributed by atoms with E-state index in [4.69, 9.17) is 25.5 Å². The monoisotopic (exact) mass is 485 g/mol. The molecule has 0 saturated heterocycles. The first-order valence-electron chi connectivity index (χ1n) is 13.1. The summed E-state index contributed by atoms with van der Waals surface area (Å²) in [6.45, 7) is 22.1. The number of hydrogen-bond donors (Lipinski definition) is 5. The van der Waals surface area contributed by atoms with E-state index in [1.807, 2.05) is 13.8 Å². The van der Waals surface area contributed by atoms with Crippen molar-refractivity contribution in [3.05, 3.63) is 0 Å². The van der Waals surface area contributed by atoms with Crippen LogP contribution in [0.3, 0.4) is 0 Å². The number of aliphatic hydroxyl groups is 5. The van der Waals surface area contributed by atoms with Gasteiger partial charge in [0.05, 0.1) is 6.10 Å². The summed E-state index contributed by atoms with van der Waals surface area (Å²) in [5.74, 6) is 2.25. The van der Waals surface area contributed by atoms with Crippen LogP contribution in [0.4, 0.5) is 0 Å². The fourth-order valence-corrected chi connectivity index (χ4v) is 2.14. The summed E-state index contributed by atoms with van der Waals surface area (Å²) in [6, 6.07) is 0. The van der Waals surface area contributed by atoms with Crippen molar-refractivity contribution in [3.8, 4) is 0 Å². The van der Waals surface area contributed by atoms with Gasteiger partial charge in [-0.25, -0.2) is 0 Å². The molecule has 5 nitrogen and oxygen atoms in total. The summed E-state index contributed by atoms with van der Waals surface area (Å²) in [6.07, 6.45) is 8.33. The average Bonchev–Trinajstić information content (AvgIpc) is 2.73. The summed E-state index contributed by atoms with van der Waals surface area (Å²) < 4.78 is 0. The van der Waals surface area contributed by atoms with E-state index in [0.29, 0.717) is 50.1 Å². The average molecular weight is 485 g/mol. The van der Waals surface area contributed by atoms with Crippen LogP contribution < -0.4 is 0 Å². The zero-order chi connectivity index (χ0) is 26.4. The second-order valence-electron chi connectivity index (χ2n) is 9.28. The molecule has 0 aromatic rings. The van der Waals surface area contributed by atoms with Crippen LogP contribution in [0.25, 0.3) is 0 Å². The predicted molar refractivity (Wildman–Crippen MR) is 149 cm³/mol. The molecule has 0 radical (unpaired) electrons. The standard InChI is InChI=1S/C7H16O.C6H14O.2C5H12O.C4H10O.CH4/c1-4-7(5-8)6(2)3;1-5(2)4-6(3)7;1-3-5(2)4-6;1-2-3-4-5-6;1-2-3-4-5;/h6-8H,4-5H2,1-3H3;5-7H,4H2,1-3H3;5-6H,3-4H2,1-2H3;6H,2-5H2,1H3;5H,2-4H2,1H3;1H4. The molecule has 0 aromatic carbocycles. The lowest BCUT2D eigenvalue weighted by Gasteiger charge is -2.14. The van der Waals surface area contributed by atoms with Crippen molar-refractivity contribution in [2.75, 3.05) is 26.4 Å². The number of hydrogen-bond acceptors (Lipinski definition) is 5. The minimum Gasteiger partial charge on any atom is -0.396 e. The fourth-order valence-electron chi connectivity index (χ4n) is 2.14. The van der Waals surface area contributed by atoms with Gasteiger partial charge in [-0.15, -0.1) is 0 Å². The lowest BCUT2D eigenvalue weighted by molar-refractivity contribution is 0.168. The van der Waals surface area contributed by atoms with Gasteiger partial charge < -0.3 is 25.5 Å². The number of aliphatic hydroxyl groups excluding tert-OH is 5. The summed E-state index contributed by atoms with van der Waals surface area (Å²) in [5, 5.41) is 42.0. The Bertz CT molecular complexity index is 251. The third-order valence-electron chi connectivity index (χ3n) is 4.80. The summed E-state index contributed by atoms with van der Waals surface area (Å²) in [5.41, 5.74) is 0. The highest BCUT2D eigenvalue weighted by molar-refractivity contribution is 4.57. The first-order valence-corrected chi connectivity index (χ1v) is 13.1. The Morgan fingerprint density at radius 2 is 1.06 bits per heavy atom. The van der Waals surface area contributed by atoms with E-state index in [-0.39, 0.29) is 13.5 Å². The summed E-state index contributed by atoms with van der Waals surface area (Å²) in [7, 11) is 0. The van der Waals surface area contributed by atoms with E-state index in [9.17, 15) is 0 Å². The van der Waals surface area contributed by atoms with Gasteiger partial charge in [-0.05, 0) is 49.9 Å². The summed E-state index contributed by atoms with van der Waals surface area (Å²) >= 11 is 0. The molecule has 0 rings (SSSR count). The molecule has 0 aliphatic rings. The SMILES string of the molecule is C.CC(C)CC(C)O.CCC(C)CO.CCC(CO)C(C)C.CCCCCO.CCCCO. The topological polar surface area (TPSA) is 101 Å². The van der Waals surface area contributed by atoms with Crippen LogP contribution in [-0.4, -0.2) is 58.1 Å². The highest BCUT2D eigenvalue weighted by atomic mass is 16.3. The molecule has 210 valence electrons. The van der Waals surface area contributed by atoms with Gasteiger partial charge in [0.2, 0.25) is 0 Å². The van der Waals surface area contributed by atoms with Crippen LogP contribution in [0.5, 0.6) is 0 Å². The minimum atomic E-state index is -0.125. The molecular formula is C28H68O5. The molecule has 0 saturated carbocycles. The van der Waals surface area contributed by atoms with Crippen molar-refractivity contribution in [2.24, 2.45) is 23.7 Å². The maximum absolute atomic E-state index is 8.72. The Morgan fingerprint density at radius 1 is 0.606 bits per heavy atom. The fraction of sp³-hybridized carbons (Fsp3) is 1.00. The molecule has 5 heteroatoms. The van der Waals surface area contributed by atoms with Crippen LogP contribution in [0.15, 0.2) is 0 Å². The van der Waals surface area contributed by atoms with E-state index in [1.54, 1.807) is 0 Å². The van der Waals surface area contributed by atoms with Crippen LogP contribution in [0.1, 0.15) is 128 Å². The first-order chi connectivity index (χ1) is 15.0. The molecule has 0 aliphatic carbocycles. The largest absolute Gasteiger partial charge is 0.396 e. The first kappa shape index (κ1) is 46.2. The van der Waals surface area contributed by atoms with E-state index >= 15 is 0 Å². The zero-order valence-corrected chi connectivity index (χ0v) is 23.6. The Labute approximate surface area is 210 Å². The third-order valence-corrected chi connectivity index (χ3v) is 4.80. The maximum Gasteiger partial charge on any atom is 0.0514 e. The Kier molecular flexibility index (Phi) is 58.8. The second-order valence-corrected chi connectivity index (χ2v) is 9.28. The Balaban J connectivity index is -0.0000000691. The van der Waals surface area contributed by atoms with E-state index in [2.05, 4.69) is 55.4 Å². The molecule has 33 heavy (non-hydrogen) atoms. The van der Waals surface area contributed by atoms with Crippen molar-refractivity contribution in [1.82, 2.24) is 0 Å². The maximum atomic E-state index is 8.72. The van der Waals surface area contributed by atoms with Gasteiger partial charge in [-0.3, -0.25) is 0 Å². The molecule has 5 N–H and O–H groups in total. The molecule has 0 heterocycles. The smallest absolute Gasteiger partial charge is 0.0514 e. The summed E-state index contributed by atoms with van der Waals surface area (Å²) in [4.78, 5) is 0. The van der Waals surface area contributed by atoms with Gasteiger partial charge in [0, 0.05) is 26.4 Å². The number of unbranched alkanes of at least 4 members (excludes halogenated alkanes) is 3. The molecule has 0 spiro atoms. The van der Waals surface area contributed by atoms with Crippen molar-refractivity contribution in [2.45, 2.75) is 134 Å². The molecule has 0 aliphatic heterocycles. The molecule has 0 amide bonds. The molecule has 0 fully saturated rings. The normalized spacial score (nSPS) is 12.3. The molecule has 3 unspecified atom stereocenters. The van der Waals surface area contributed by atoms with Gasteiger partial charge in [-0.1, -0.05) is 102 Å². The minimum absolute atomic E-state index is 0. The van der Waals surface area contributed by atoms with Crippen LogP contribution in [0.2, 0.25) is 0 Å². The van der Waals surface area contributed by atoms with Gasteiger partial charge in [0.15, 0.2) is 0 Å². The van der Waals surface area contributed by atoms with Gasteiger partial charge in [0.25, 0.3) is 0 Å². The second kappa shape index (κ2) is 42.0. The van der Waals surface area contributed by atoms with Crippen molar-refractivity contribution < 1.29 is 25.5 Å². The predicted octanol–water partition coefficient (Wildman–Crippen LogP) is 6.68. The van der Waals surface area contributed by atoms with Crippen molar-refractivity contribution in [1.29, 1.82) is 0 Å². The van der Waals surface area contributed by atoms with Gasteiger partial charge in [0.1, 0.15) is 0 Å².